The first-order valence-electron chi connectivity index (χ1n) is 7.88. The van der Waals surface area contributed by atoms with Gasteiger partial charge in [0, 0.05) is 25.6 Å². The summed E-state index contributed by atoms with van der Waals surface area (Å²) in [5.74, 6) is 0.237. The SMILES string of the molecule is C[C@@H]1CCO[C@@H]1C(=O)N1CCC[C@H](c2ncc(C(F)(F)F)[nH]2)C1. The monoisotopic (exact) mass is 331 g/mol. The van der Waals surface area contributed by atoms with Crippen molar-refractivity contribution in [3.63, 3.8) is 0 Å². The number of hydrogen-bond acceptors (Lipinski definition) is 3. The Morgan fingerprint density at radius 3 is 2.83 bits per heavy atom. The number of nitrogens with one attached hydrogen (secondary N) is 1. The number of aromatic nitrogens is 2. The van der Waals surface area contributed by atoms with Crippen LogP contribution in [0.4, 0.5) is 13.2 Å². The Bertz CT molecular complexity index is 573. The number of halogens is 3. The van der Waals surface area contributed by atoms with Crippen LogP contribution in [0.25, 0.3) is 0 Å². The van der Waals surface area contributed by atoms with E-state index in [1.807, 2.05) is 6.92 Å². The molecule has 0 saturated carbocycles. The van der Waals surface area contributed by atoms with Gasteiger partial charge in [-0.25, -0.2) is 4.98 Å². The fraction of sp³-hybridized carbons (Fsp3) is 0.733. The van der Waals surface area contributed by atoms with Crippen LogP contribution in [0.2, 0.25) is 0 Å². The van der Waals surface area contributed by atoms with Crippen LogP contribution < -0.4 is 0 Å². The molecule has 0 bridgehead atoms. The zero-order chi connectivity index (χ0) is 16.6. The first-order valence-corrected chi connectivity index (χ1v) is 7.88. The molecule has 1 aromatic heterocycles. The van der Waals surface area contributed by atoms with Crippen LogP contribution in [0.15, 0.2) is 6.20 Å². The molecule has 2 fully saturated rings. The first-order chi connectivity index (χ1) is 10.9. The summed E-state index contributed by atoms with van der Waals surface area (Å²) in [7, 11) is 0. The summed E-state index contributed by atoms with van der Waals surface area (Å²) >= 11 is 0. The molecule has 3 atom stereocenters. The van der Waals surface area contributed by atoms with Crippen LogP contribution in [0.1, 0.15) is 43.6 Å². The van der Waals surface area contributed by atoms with E-state index >= 15 is 0 Å². The molecule has 3 rings (SSSR count). The molecule has 2 aliphatic rings. The van der Waals surface area contributed by atoms with Gasteiger partial charge in [-0.05, 0) is 25.2 Å². The van der Waals surface area contributed by atoms with Gasteiger partial charge in [0.1, 0.15) is 17.6 Å². The average Bonchev–Trinajstić information content (AvgIpc) is 3.15. The maximum absolute atomic E-state index is 12.7. The molecule has 2 aliphatic heterocycles. The number of amides is 1. The van der Waals surface area contributed by atoms with E-state index in [9.17, 15) is 18.0 Å². The van der Waals surface area contributed by atoms with E-state index in [2.05, 4.69) is 9.97 Å². The summed E-state index contributed by atoms with van der Waals surface area (Å²) < 4.78 is 43.5. The minimum absolute atomic E-state index is 0.0534. The van der Waals surface area contributed by atoms with Gasteiger partial charge in [0.05, 0.1) is 6.20 Å². The van der Waals surface area contributed by atoms with E-state index in [0.717, 1.165) is 25.5 Å². The van der Waals surface area contributed by atoms with Gasteiger partial charge in [-0.2, -0.15) is 13.2 Å². The van der Waals surface area contributed by atoms with Crippen LogP contribution in [0.5, 0.6) is 0 Å². The number of alkyl halides is 3. The molecule has 1 amide bonds. The summed E-state index contributed by atoms with van der Waals surface area (Å²) in [4.78, 5) is 20.5. The van der Waals surface area contributed by atoms with Crippen molar-refractivity contribution < 1.29 is 22.7 Å². The van der Waals surface area contributed by atoms with Crippen molar-refractivity contribution in [3.05, 3.63) is 17.7 Å². The third-order valence-corrected chi connectivity index (χ3v) is 4.65. The van der Waals surface area contributed by atoms with Crippen molar-refractivity contribution in [2.45, 2.75) is 44.4 Å². The van der Waals surface area contributed by atoms with Gasteiger partial charge in [0.15, 0.2) is 0 Å². The van der Waals surface area contributed by atoms with Gasteiger partial charge in [0.2, 0.25) is 0 Å². The Morgan fingerprint density at radius 2 is 2.22 bits per heavy atom. The van der Waals surface area contributed by atoms with E-state index in [1.165, 1.54) is 0 Å². The largest absolute Gasteiger partial charge is 0.432 e. The normalized spacial score (nSPS) is 29.0. The molecule has 128 valence electrons. The third kappa shape index (κ3) is 3.36. The molecule has 0 unspecified atom stereocenters. The summed E-state index contributed by atoms with van der Waals surface area (Å²) in [6.45, 7) is 3.58. The zero-order valence-corrected chi connectivity index (χ0v) is 12.9. The van der Waals surface area contributed by atoms with Gasteiger partial charge < -0.3 is 14.6 Å². The number of carbonyl (C=O) groups excluding carboxylic acids is 1. The van der Waals surface area contributed by atoms with Crippen LogP contribution in [-0.2, 0) is 15.7 Å². The van der Waals surface area contributed by atoms with Crippen LogP contribution in [0.3, 0.4) is 0 Å². The van der Waals surface area contributed by atoms with Gasteiger partial charge in [0.25, 0.3) is 5.91 Å². The molecule has 0 spiro atoms. The number of aromatic amines is 1. The lowest BCUT2D eigenvalue weighted by Crippen LogP contribution is -2.45. The maximum atomic E-state index is 12.7. The number of nitrogens with zero attached hydrogens (tertiary/aromatic N) is 2. The maximum Gasteiger partial charge on any atom is 0.432 e. The number of H-pyrrole nitrogens is 1. The lowest BCUT2D eigenvalue weighted by Gasteiger charge is -2.34. The number of likely N-dealkylation sites (tertiary alicyclic amines) is 1. The van der Waals surface area contributed by atoms with Gasteiger partial charge >= 0.3 is 6.18 Å². The number of rotatable bonds is 2. The number of carbonyl (C=O) groups is 1. The van der Waals surface area contributed by atoms with E-state index < -0.39 is 18.0 Å². The van der Waals surface area contributed by atoms with Crippen LogP contribution in [-0.4, -0.2) is 46.6 Å². The lowest BCUT2D eigenvalue weighted by atomic mass is 9.95. The number of piperidine rings is 1. The molecule has 2 saturated heterocycles. The summed E-state index contributed by atoms with van der Waals surface area (Å²) in [6, 6.07) is 0. The molecule has 1 N–H and O–H groups in total. The van der Waals surface area contributed by atoms with Crippen LogP contribution >= 0.6 is 0 Å². The third-order valence-electron chi connectivity index (χ3n) is 4.65. The lowest BCUT2D eigenvalue weighted by molar-refractivity contribution is -0.144. The average molecular weight is 331 g/mol. The van der Waals surface area contributed by atoms with E-state index in [-0.39, 0.29) is 17.7 Å². The Morgan fingerprint density at radius 1 is 1.43 bits per heavy atom. The highest BCUT2D eigenvalue weighted by Gasteiger charge is 2.38. The van der Waals surface area contributed by atoms with Crippen molar-refractivity contribution in [2.75, 3.05) is 19.7 Å². The quantitative estimate of drug-likeness (QED) is 0.906. The Hall–Kier alpha value is -1.57. The Labute approximate surface area is 132 Å². The second kappa shape index (κ2) is 6.14. The predicted molar refractivity (Wildman–Crippen MR) is 75.7 cm³/mol. The molecule has 23 heavy (non-hydrogen) atoms. The van der Waals surface area contributed by atoms with E-state index in [0.29, 0.717) is 25.5 Å². The topological polar surface area (TPSA) is 58.2 Å². The summed E-state index contributed by atoms with van der Waals surface area (Å²) in [5, 5.41) is 0. The first kappa shape index (κ1) is 16.3. The standard InChI is InChI=1S/C15H20F3N3O2/c1-9-4-6-23-12(9)14(22)21-5-2-3-10(8-21)13-19-7-11(20-13)15(16,17)18/h7,9-10,12H,2-6,8H2,1H3,(H,19,20)/t9-,10+,12+/m1/s1. The van der Waals surface area contributed by atoms with Crippen molar-refractivity contribution >= 4 is 5.91 Å². The smallest absolute Gasteiger partial charge is 0.368 e. The molecule has 0 radical (unpaired) electrons. The van der Waals surface area contributed by atoms with Gasteiger partial charge in [-0.1, -0.05) is 6.92 Å². The second-order valence-corrected chi connectivity index (χ2v) is 6.36. The molecule has 0 aliphatic carbocycles. The van der Waals surface area contributed by atoms with Crippen molar-refractivity contribution in [2.24, 2.45) is 5.92 Å². The minimum Gasteiger partial charge on any atom is -0.368 e. The number of ether oxygens (including phenoxy) is 1. The molecule has 3 heterocycles. The fourth-order valence-electron chi connectivity index (χ4n) is 3.28. The second-order valence-electron chi connectivity index (χ2n) is 6.36. The molecule has 8 heteroatoms. The molecule has 5 nitrogen and oxygen atoms in total. The molecular formula is C15H20F3N3O2. The Kier molecular flexibility index (Phi) is 4.35. The van der Waals surface area contributed by atoms with E-state index in [1.54, 1.807) is 4.90 Å². The van der Waals surface area contributed by atoms with Gasteiger partial charge in [-0.15, -0.1) is 0 Å². The van der Waals surface area contributed by atoms with Crippen molar-refractivity contribution in [1.29, 1.82) is 0 Å². The summed E-state index contributed by atoms with van der Waals surface area (Å²) in [5.41, 5.74) is -0.844. The van der Waals surface area contributed by atoms with E-state index in [4.69, 9.17) is 4.74 Å². The number of hydrogen-bond donors (Lipinski definition) is 1. The molecule has 1 aromatic rings. The minimum atomic E-state index is -4.43. The molecular weight excluding hydrogens is 311 g/mol. The highest BCUT2D eigenvalue weighted by Crippen LogP contribution is 2.32. The Balaban J connectivity index is 1.68. The predicted octanol–water partition coefficient (Wildman–Crippen LogP) is 2.56. The molecule has 0 aromatic carbocycles. The summed E-state index contributed by atoms with van der Waals surface area (Å²) in [6.07, 6.45) is -1.70. The number of imidazole rings is 1. The van der Waals surface area contributed by atoms with Gasteiger partial charge in [-0.3, -0.25) is 4.79 Å². The van der Waals surface area contributed by atoms with Crippen LogP contribution in [0, 0.1) is 5.92 Å². The fourth-order valence-corrected chi connectivity index (χ4v) is 3.28. The highest BCUT2D eigenvalue weighted by molar-refractivity contribution is 5.81. The van der Waals surface area contributed by atoms with Crippen molar-refractivity contribution in [1.82, 2.24) is 14.9 Å². The highest BCUT2D eigenvalue weighted by atomic mass is 19.4. The van der Waals surface area contributed by atoms with Crippen molar-refractivity contribution in [3.8, 4) is 0 Å². The zero-order valence-electron chi connectivity index (χ0n) is 12.9.